The molecule has 0 N–H and O–H groups in total. The molecule has 176 valence electrons. The lowest BCUT2D eigenvalue weighted by atomic mass is 9.69. The number of rotatable bonds is 9. The Morgan fingerprint density at radius 1 is 1.09 bits per heavy atom. The van der Waals surface area contributed by atoms with Gasteiger partial charge in [-0.15, -0.1) is 0 Å². The second kappa shape index (κ2) is 9.33. The Labute approximate surface area is 193 Å². The van der Waals surface area contributed by atoms with E-state index in [1.54, 1.807) is 20.3 Å². The molecule has 2 aromatic rings. The average molecular weight is 455 g/mol. The highest BCUT2D eigenvalue weighted by atomic mass is 16.6. The molecule has 0 saturated heterocycles. The van der Waals surface area contributed by atoms with E-state index >= 15 is 0 Å². The van der Waals surface area contributed by atoms with Crippen LogP contribution in [0.15, 0.2) is 30.3 Å². The van der Waals surface area contributed by atoms with Crippen molar-refractivity contribution in [2.45, 2.75) is 52.2 Å². The van der Waals surface area contributed by atoms with Crippen molar-refractivity contribution in [2.75, 3.05) is 20.8 Å². The molecule has 0 unspecified atom stereocenters. The number of ether oxygens (including phenoxy) is 5. The summed E-state index contributed by atoms with van der Waals surface area (Å²) < 4.78 is 28.3. The van der Waals surface area contributed by atoms with Crippen molar-refractivity contribution in [3.63, 3.8) is 0 Å². The van der Waals surface area contributed by atoms with Gasteiger partial charge in [-0.05, 0) is 56.0 Å². The maximum atomic E-state index is 12.9. The van der Waals surface area contributed by atoms with Crippen LogP contribution in [0.4, 0.5) is 0 Å². The standard InChI is InChI=1S/C26H30O7/c1-5-16(2)33-25(28)26(11-6-12-26)15-32-22-19(9-10-21(29-3)23(22)30-4)17-7-8-20-18(13-17)14-31-24(20)27/h7-10,13,16H,5-6,11-12,14-15H2,1-4H3/t16-/m1/s1. The fourth-order valence-corrected chi connectivity index (χ4v) is 4.18. The zero-order valence-electron chi connectivity index (χ0n) is 19.6. The van der Waals surface area contributed by atoms with Crippen molar-refractivity contribution in [2.24, 2.45) is 5.41 Å². The Morgan fingerprint density at radius 2 is 1.85 bits per heavy atom. The second-order valence-corrected chi connectivity index (χ2v) is 8.67. The maximum Gasteiger partial charge on any atom is 0.338 e. The van der Waals surface area contributed by atoms with E-state index in [0.29, 0.717) is 22.8 Å². The molecule has 0 bridgehead atoms. The molecule has 0 radical (unpaired) electrons. The van der Waals surface area contributed by atoms with Gasteiger partial charge in [0.1, 0.15) is 18.6 Å². The number of cyclic esters (lactones) is 1. The van der Waals surface area contributed by atoms with E-state index in [4.69, 9.17) is 23.7 Å². The van der Waals surface area contributed by atoms with Crippen LogP contribution >= 0.6 is 0 Å². The van der Waals surface area contributed by atoms with Crippen molar-refractivity contribution in [1.29, 1.82) is 0 Å². The van der Waals surface area contributed by atoms with E-state index < -0.39 is 5.41 Å². The molecule has 2 aliphatic rings. The highest BCUT2D eigenvalue weighted by molar-refractivity contribution is 5.94. The Kier molecular flexibility index (Phi) is 6.49. The minimum atomic E-state index is -0.660. The SMILES string of the molecule is CC[C@@H](C)OC(=O)C1(COc2c(-c3ccc4c(c3)COC4=O)ccc(OC)c2OC)CCC1. The smallest absolute Gasteiger partial charge is 0.338 e. The van der Waals surface area contributed by atoms with Gasteiger partial charge in [-0.1, -0.05) is 19.4 Å². The van der Waals surface area contributed by atoms with Crippen molar-refractivity contribution >= 4 is 11.9 Å². The number of hydrogen-bond acceptors (Lipinski definition) is 7. The van der Waals surface area contributed by atoms with Gasteiger partial charge in [0.2, 0.25) is 5.75 Å². The molecule has 4 rings (SSSR count). The number of esters is 2. The topological polar surface area (TPSA) is 80.3 Å². The normalized spacial score (nSPS) is 16.8. The summed E-state index contributed by atoms with van der Waals surface area (Å²) >= 11 is 0. The van der Waals surface area contributed by atoms with Crippen molar-refractivity contribution in [3.05, 3.63) is 41.5 Å². The van der Waals surface area contributed by atoms with Crippen LogP contribution in [0, 0.1) is 5.41 Å². The van der Waals surface area contributed by atoms with Crippen molar-refractivity contribution in [3.8, 4) is 28.4 Å². The molecule has 1 aliphatic carbocycles. The third kappa shape index (κ3) is 4.24. The summed E-state index contributed by atoms with van der Waals surface area (Å²) in [5.41, 5.74) is 2.37. The monoisotopic (exact) mass is 454 g/mol. The Hall–Kier alpha value is -3.22. The summed E-state index contributed by atoms with van der Waals surface area (Å²) in [6, 6.07) is 9.24. The van der Waals surface area contributed by atoms with Crippen LogP contribution in [0.3, 0.4) is 0 Å². The molecule has 2 aromatic carbocycles. The maximum absolute atomic E-state index is 12.9. The first-order valence-corrected chi connectivity index (χ1v) is 11.3. The first kappa shape index (κ1) is 23.0. The molecule has 1 heterocycles. The average Bonchev–Trinajstić information content (AvgIpc) is 3.17. The van der Waals surface area contributed by atoms with E-state index in [2.05, 4.69) is 0 Å². The van der Waals surface area contributed by atoms with Gasteiger partial charge in [-0.25, -0.2) is 4.79 Å². The lowest BCUT2D eigenvalue weighted by Crippen LogP contribution is -2.45. The summed E-state index contributed by atoms with van der Waals surface area (Å²) in [5, 5.41) is 0. The largest absolute Gasteiger partial charge is 0.493 e. The van der Waals surface area contributed by atoms with Gasteiger partial charge >= 0.3 is 11.9 Å². The highest BCUT2D eigenvalue weighted by Gasteiger charge is 2.47. The van der Waals surface area contributed by atoms with Gasteiger partial charge < -0.3 is 23.7 Å². The van der Waals surface area contributed by atoms with E-state index in [9.17, 15) is 9.59 Å². The van der Waals surface area contributed by atoms with E-state index in [-0.39, 0.29) is 31.3 Å². The van der Waals surface area contributed by atoms with Crippen LogP contribution in [0.1, 0.15) is 55.5 Å². The molecule has 1 aliphatic heterocycles. The molecule has 0 aromatic heterocycles. The summed E-state index contributed by atoms with van der Waals surface area (Å²) in [6.07, 6.45) is 3.04. The van der Waals surface area contributed by atoms with Crippen molar-refractivity contribution in [1.82, 2.24) is 0 Å². The molecule has 7 heteroatoms. The minimum Gasteiger partial charge on any atom is -0.493 e. The number of methoxy groups -OCH3 is 2. The summed E-state index contributed by atoms with van der Waals surface area (Å²) in [6.45, 7) is 4.32. The third-order valence-electron chi connectivity index (χ3n) is 6.61. The van der Waals surface area contributed by atoms with Crippen LogP contribution in [0.2, 0.25) is 0 Å². The Balaban J connectivity index is 1.68. The number of carbonyl (C=O) groups is 2. The highest BCUT2D eigenvalue weighted by Crippen LogP contribution is 2.48. The van der Waals surface area contributed by atoms with Crippen LogP contribution < -0.4 is 14.2 Å². The van der Waals surface area contributed by atoms with E-state index in [1.165, 1.54) is 0 Å². The number of benzene rings is 2. The number of fused-ring (bicyclic) bond motifs is 1. The molecular weight excluding hydrogens is 424 g/mol. The number of carbonyl (C=O) groups excluding carboxylic acids is 2. The molecule has 1 fully saturated rings. The van der Waals surface area contributed by atoms with Crippen LogP contribution in [0.5, 0.6) is 17.2 Å². The van der Waals surface area contributed by atoms with Gasteiger partial charge in [-0.2, -0.15) is 0 Å². The Morgan fingerprint density at radius 3 is 2.48 bits per heavy atom. The van der Waals surface area contributed by atoms with Crippen LogP contribution in [0.25, 0.3) is 11.1 Å². The van der Waals surface area contributed by atoms with Crippen LogP contribution in [-0.4, -0.2) is 38.9 Å². The predicted molar refractivity (Wildman–Crippen MR) is 122 cm³/mol. The van der Waals surface area contributed by atoms with Gasteiger partial charge in [0, 0.05) is 11.1 Å². The lowest BCUT2D eigenvalue weighted by molar-refractivity contribution is -0.169. The fraction of sp³-hybridized carbons (Fsp3) is 0.462. The molecular formula is C26H30O7. The second-order valence-electron chi connectivity index (χ2n) is 8.67. The Bertz CT molecular complexity index is 1050. The summed E-state index contributed by atoms with van der Waals surface area (Å²) in [7, 11) is 3.12. The van der Waals surface area contributed by atoms with Gasteiger partial charge in [0.25, 0.3) is 0 Å². The minimum absolute atomic E-state index is 0.131. The summed E-state index contributed by atoms with van der Waals surface area (Å²) in [4.78, 5) is 24.8. The number of hydrogen-bond donors (Lipinski definition) is 0. The van der Waals surface area contributed by atoms with E-state index in [0.717, 1.165) is 42.4 Å². The van der Waals surface area contributed by atoms with Gasteiger partial charge in [0.05, 0.1) is 25.9 Å². The lowest BCUT2D eigenvalue weighted by Gasteiger charge is -2.39. The van der Waals surface area contributed by atoms with Gasteiger partial charge in [0.15, 0.2) is 11.5 Å². The van der Waals surface area contributed by atoms with E-state index in [1.807, 2.05) is 38.1 Å². The molecule has 7 nitrogen and oxygen atoms in total. The third-order valence-corrected chi connectivity index (χ3v) is 6.61. The first-order chi connectivity index (χ1) is 15.9. The summed E-state index contributed by atoms with van der Waals surface area (Å²) in [5.74, 6) is 0.949. The first-order valence-electron chi connectivity index (χ1n) is 11.3. The molecule has 33 heavy (non-hydrogen) atoms. The van der Waals surface area contributed by atoms with Gasteiger partial charge in [-0.3, -0.25) is 4.79 Å². The fourth-order valence-electron chi connectivity index (χ4n) is 4.18. The molecule has 0 amide bonds. The molecule has 1 saturated carbocycles. The quantitative estimate of drug-likeness (QED) is 0.497. The zero-order chi connectivity index (χ0) is 23.6. The zero-order valence-corrected chi connectivity index (χ0v) is 19.6. The molecule has 1 atom stereocenters. The molecule has 0 spiro atoms. The van der Waals surface area contributed by atoms with Crippen molar-refractivity contribution < 1.29 is 33.3 Å². The van der Waals surface area contributed by atoms with Crippen LogP contribution in [-0.2, 0) is 20.9 Å². The predicted octanol–water partition coefficient (Wildman–Crippen LogP) is 4.93.